The van der Waals surface area contributed by atoms with Crippen LogP contribution >= 0.6 is 0 Å². The molecule has 2 aromatic rings. The quantitative estimate of drug-likeness (QED) is 0.692. The number of aryl methyl sites for hydroxylation is 2. The molecular formula is C15H13FN2O3. The Morgan fingerprint density at radius 2 is 1.76 bits per heavy atom. The molecule has 0 unspecified atom stereocenters. The van der Waals surface area contributed by atoms with Gasteiger partial charge in [-0.3, -0.25) is 14.9 Å². The first-order chi connectivity index (χ1) is 9.86. The molecule has 2 aromatic carbocycles. The van der Waals surface area contributed by atoms with Crippen molar-refractivity contribution >= 4 is 17.3 Å². The Morgan fingerprint density at radius 1 is 1.14 bits per heavy atom. The van der Waals surface area contributed by atoms with Crippen molar-refractivity contribution in [3.8, 4) is 0 Å². The lowest BCUT2D eigenvalue weighted by Gasteiger charge is -2.07. The van der Waals surface area contributed by atoms with Gasteiger partial charge < -0.3 is 5.32 Å². The maximum Gasteiger partial charge on any atom is 0.304 e. The number of nitrogens with zero attached hydrogens (tertiary/aromatic N) is 1. The fourth-order valence-corrected chi connectivity index (χ4v) is 2.05. The summed E-state index contributed by atoms with van der Waals surface area (Å²) in [5.41, 5.74) is 1.94. The number of hydrogen-bond donors (Lipinski definition) is 1. The Labute approximate surface area is 120 Å². The number of benzene rings is 2. The second-order valence-electron chi connectivity index (χ2n) is 4.75. The van der Waals surface area contributed by atoms with E-state index in [-0.39, 0.29) is 5.56 Å². The van der Waals surface area contributed by atoms with Crippen LogP contribution in [-0.2, 0) is 0 Å². The number of carbonyl (C=O) groups is 1. The topological polar surface area (TPSA) is 72.2 Å². The summed E-state index contributed by atoms with van der Waals surface area (Å²) in [6, 6.07) is 8.58. The summed E-state index contributed by atoms with van der Waals surface area (Å²) in [6.07, 6.45) is 0. The first kappa shape index (κ1) is 14.6. The Kier molecular flexibility index (Phi) is 3.98. The lowest BCUT2D eigenvalue weighted by molar-refractivity contribution is -0.387. The molecule has 6 heteroatoms. The fourth-order valence-electron chi connectivity index (χ4n) is 2.05. The molecule has 0 aliphatic carbocycles. The van der Waals surface area contributed by atoms with Gasteiger partial charge >= 0.3 is 5.69 Å². The van der Waals surface area contributed by atoms with E-state index in [0.717, 1.165) is 23.3 Å². The van der Waals surface area contributed by atoms with Gasteiger partial charge in [0.2, 0.25) is 5.82 Å². The predicted octanol–water partition coefficient (Wildman–Crippen LogP) is 3.60. The molecule has 5 nitrogen and oxygen atoms in total. The van der Waals surface area contributed by atoms with Crippen LogP contribution in [0, 0.1) is 29.8 Å². The molecule has 108 valence electrons. The van der Waals surface area contributed by atoms with Gasteiger partial charge in [0, 0.05) is 17.3 Å². The summed E-state index contributed by atoms with van der Waals surface area (Å²) in [6.45, 7) is 3.79. The first-order valence-electron chi connectivity index (χ1n) is 6.20. The SMILES string of the molecule is Cc1cc(C)cc(NC(=O)c2ccc([N+](=O)[O-])c(F)c2)c1. The molecule has 0 radical (unpaired) electrons. The van der Waals surface area contributed by atoms with Gasteiger partial charge in [0.15, 0.2) is 0 Å². The summed E-state index contributed by atoms with van der Waals surface area (Å²) < 4.78 is 13.5. The number of halogens is 1. The minimum atomic E-state index is -1.03. The molecule has 0 saturated heterocycles. The van der Waals surface area contributed by atoms with E-state index in [2.05, 4.69) is 5.32 Å². The Hall–Kier alpha value is -2.76. The molecule has 1 amide bonds. The number of carbonyl (C=O) groups excluding carboxylic acids is 1. The lowest BCUT2D eigenvalue weighted by Crippen LogP contribution is -2.12. The number of hydrogen-bond acceptors (Lipinski definition) is 3. The van der Waals surface area contributed by atoms with Crippen LogP contribution in [0.15, 0.2) is 36.4 Å². The average Bonchev–Trinajstić information content (AvgIpc) is 2.36. The van der Waals surface area contributed by atoms with Crippen molar-refractivity contribution in [2.45, 2.75) is 13.8 Å². The molecule has 2 rings (SSSR count). The summed E-state index contributed by atoms with van der Waals surface area (Å²) >= 11 is 0. The van der Waals surface area contributed by atoms with Crippen LogP contribution in [0.2, 0.25) is 0 Å². The maximum absolute atomic E-state index is 13.5. The molecule has 21 heavy (non-hydrogen) atoms. The van der Waals surface area contributed by atoms with Gasteiger partial charge in [0.05, 0.1) is 4.92 Å². The van der Waals surface area contributed by atoms with E-state index in [1.54, 1.807) is 12.1 Å². The van der Waals surface area contributed by atoms with Gasteiger partial charge in [0.1, 0.15) is 0 Å². The van der Waals surface area contributed by atoms with E-state index < -0.39 is 22.3 Å². The molecule has 0 aliphatic rings. The second kappa shape index (κ2) is 5.70. The maximum atomic E-state index is 13.5. The Bertz CT molecular complexity index is 709. The van der Waals surface area contributed by atoms with Crippen molar-refractivity contribution in [2.75, 3.05) is 5.32 Å². The third-order valence-corrected chi connectivity index (χ3v) is 2.89. The van der Waals surface area contributed by atoms with Crippen LogP contribution < -0.4 is 5.32 Å². The molecule has 0 aromatic heterocycles. The van der Waals surface area contributed by atoms with Gasteiger partial charge in [-0.15, -0.1) is 0 Å². The highest BCUT2D eigenvalue weighted by Crippen LogP contribution is 2.19. The van der Waals surface area contributed by atoms with E-state index in [1.165, 1.54) is 6.07 Å². The van der Waals surface area contributed by atoms with Crippen molar-refractivity contribution in [1.29, 1.82) is 0 Å². The molecule has 0 bridgehead atoms. The van der Waals surface area contributed by atoms with E-state index in [4.69, 9.17) is 0 Å². The molecule has 0 aliphatic heterocycles. The predicted molar refractivity (Wildman–Crippen MR) is 76.9 cm³/mol. The molecule has 0 saturated carbocycles. The zero-order valence-corrected chi connectivity index (χ0v) is 11.5. The van der Waals surface area contributed by atoms with E-state index in [0.29, 0.717) is 5.69 Å². The van der Waals surface area contributed by atoms with Crippen LogP contribution in [0.5, 0.6) is 0 Å². The summed E-state index contributed by atoms with van der Waals surface area (Å²) in [5.74, 6) is -1.55. The lowest BCUT2D eigenvalue weighted by atomic mass is 10.1. The highest BCUT2D eigenvalue weighted by atomic mass is 19.1. The molecule has 0 spiro atoms. The van der Waals surface area contributed by atoms with Crippen molar-refractivity contribution in [3.63, 3.8) is 0 Å². The molecule has 0 heterocycles. The van der Waals surface area contributed by atoms with Crippen molar-refractivity contribution < 1.29 is 14.1 Å². The highest BCUT2D eigenvalue weighted by Gasteiger charge is 2.16. The third kappa shape index (κ3) is 3.42. The third-order valence-electron chi connectivity index (χ3n) is 2.89. The van der Waals surface area contributed by atoms with E-state index in [1.807, 2.05) is 19.9 Å². The number of anilines is 1. The zero-order valence-electron chi connectivity index (χ0n) is 11.5. The normalized spacial score (nSPS) is 10.2. The number of rotatable bonds is 3. The average molecular weight is 288 g/mol. The number of nitro groups is 1. The fraction of sp³-hybridized carbons (Fsp3) is 0.133. The van der Waals surface area contributed by atoms with E-state index in [9.17, 15) is 19.3 Å². The zero-order chi connectivity index (χ0) is 15.6. The molecule has 1 N–H and O–H groups in total. The summed E-state index contributed by atoms with van der Waals surface area (Å²) in [5, 5.41) is 13.2. The van der Waals surface area contributed by atoms with Crippen molar-refractivity contribution in [2.24, 2.45) is 0 Å². The van der Waals surface area contributed by atoms with E-state index >= 15 is 0 Å². The second-order valence-corrected chi connectivity index (χ2v) is 4.75. The summed E-state index contributed by atoms with van der Waals surface area (Å²) in [7, 11) is 0. The van der Waals surface area contributed by atoms with Gasteiger partial charge in [-0.1, -0.05) is 6.07 Å². The minimum absolute atomic E-state index is 0.0252. The monoisotopic (exact) mass is 288 g/mol. The minimum Gasteiger partial charge on any atom is -0.322 e. The van der Waals surface area contributed by atoms with Gasteiger partial charge in [0.25, 0.3) is 5.91 Å². The molecule has 0 atom stereocenters. The summed E-state index contributed by atoms with van der Waals surface area (Å²) in [4.78, 5) is 21.7. The Balaban J connectivity index is 2.24. The smallest absolute Gasteiger partial charge is 0.304 e. The molecular weight excluding hydrogens is 275 g/mol. The van der Waals surface area contributed by atoms with Crippen LogP contribution in [0.3, 0.4) is 0 Å². The van der Waals surface area contributed by atoms with Crippen molar-refractivity contribution in [1.82, 2.24) is 0 Å². The van der Waals surface area contributed by atoms with Crippen LogP contribution in [0.1, 0.15) is 21.5 Å². The standard InChI is InChI=1S/C15H13FN2O3/c1-9-5-10(2)7-12(6-9)17-15(19)11-3-4-14(18(20)21)13(16)8-11/h3-8H,1-2H3,(H,17,19). The Morgan fingerprint density at radius 3 is 2.29 bits per heavy atom. The largest absolute Gasteiger partial charge is 0.322 e. The number of nitrogens with one attached hydrogen (secondary N) is 1. The van der Waals surface area contributed by atoms with Crippen LogP contribution in [0.4, 0.5) is 15.8 Å². The first-order valence-corrected chi connectivity index (χ1v) is 6.20. The number of amides is 1. The highest BCUT2D eigenvalue weighted by molar-refractivity contribution is 6.04. The van der Waals surface area contributed by atoms with Gasteiger partial charge in [-0.05, 0) is 49.2 Å². The van der Waals surface area contributed by atoms with Crippen LogP contribution in [-0.4, -0.2) is 10.8 Å². The number of nitro benzene ring substituents is 1. The van der Waals surface area contributed by atoms with Gasteiger partial charge in [-0.25, -0.2) is 0 Å². The van der Waals surface area contributed by atoms with Crippen molar-refractivity contribution in [3.05, 3.63) is 69.0 Å². The van der Waals surface area contributed by atoms with Crippen LogP contribution in [0.25, 0.3) is 0 Å². The molecule has 0 fully saturated rings. The van der Waals surface area contributed by atoms with Gasteiger partial charge in [-0.2, -0.15) is 4.39 Å².